The van der Waals surface area contributed by atoms with Crippen LogP contribution in [-0.4, -0.2) is 17.8 Å². The summed E-state index contributed by atoms with van der Waals surface area (Å²) < 4.78 is 174. The first kappa shape index (κ1) is 25.9. The molecular formula is C23H8F12S2. The van der Waals surface area contributed by atoms with Crippen LogP contribution in [0.25, 0.3) is 31.3 Å². The number of thiophene rings is 2. The van der Waals surface area contributed by atoms with Crippen molar-refractivity contribution in [2.45, 2.75) is 30.1 Å². The SMILES string of the molecule is FC(F)(F)c1sc2ccccc2c1C1=C(c2c(C(F)(F)F)sc3ccccc23)C(F)(F)C(F)(F)C1(F)F. The van der Waals surface area contributed by atoms with Gasteiger partial charge in [0.15, 0.2) is 0 Å². The average Bonchev–Trinajstić information content (AvgIpc) is 3.38. The van der Waals surface area contributed by atoms with Gasteiger partial charge in [-0.15, -0.1) is 22.7 Å². The predicted octanol–water partition coefficient (Wildman–Crippen LogP) is 9.98. The molecule has 5 rings (SSSR count). The molecule has 2 aromatic carbocycles. The largest absolute Gasteiger partial charge is 0.426 e. The van der Waals surface area contributed by atoms with Gasteiger partial charge in [0.05, 0.1) is 0 Å². The van der Waals surface area contributed by atoms with Crippen LogP contribution in [-0.2, 0) is 12.4 Å². The summed E-state index contributed by atoms with van der Waals surface area (Å²) in [5.74, 6) is -18.3. The first-order valence-corrected chi connectivity index (χ1v) is 11.6. The van der Waals surface area contributed by atoms with Crippen molar-refractivity contribution < 1.29 is 52.7 Å². The van der Waals surface area contributed by atoms with E-state index in [4.69, 9.17) is 0 Å². The molecule has 4 aromatic rings. The van der Waals surface area contributed by atoms with E-state index in [0.29, 0.717) is 0 Å². The summed E-state index contributed by atoms with van der Waals surface area (Å²) in [6.45, 7) is 0. The third-order valence-corrected chi connectivity index (χ3v) is 8.30. The molecule has 0 aliphatic heterocycles. The van der Waals surface area contributed by atoms with E-state index < -0.39 is 72.9 Å². The van der Waals surface area contributed by atoms with Gasteiger partial charge < -0.3 is 0 Å². The summed E-state index contributed by atoms with van der Waals surface area (Å²) in [4.78, 5) is -3.83. The van der Waals surface area contributed by atoms with E-state index in [0.717, 1.165) is 36.4 Å². The Hall–Kier alpha value is -2.74. The number of hydrogen-bond donors (Lipinski definition) is 0. The van der Waals surface area contributed by atoms with Gasteiger partial charge in [0, 0.05) is 42.4 Å². The van der Waals surface area contributed by atoms with Gasteiger partial charge in [0.1, 0.15) is 9.75 Å². The zero-order valence-corrected chi connectivity index (χ0v) is 19.1. The van der Waals surface area contributed by atoms with Gasteiger partial charge in [-0.25, -0.2) is 0 Å². The number of hydrogen-bond acceptors (Lipinski definition) is 2. The first-order chi connectivity index (χ1) is 16.9. The smallest absolute Gasteiger partial charge is 0.194 e. The van der Waals surface area contributed by atoms with E-state index in [9.17, 15) is 35.1 Å². The van der Waals surface area contributed by atoms with Crippen LogP contribution >= 0.6 is 22.7 Å². The molecule has 0 N–H and O–H groups in total. The summed E-state index contributed by atoms with van der Waals surface area (Å²) in [7, 11) is 0. The highest BCUT2D eigenvalue weighted by atomic mass is 32.1. The van der Waals surface area contributed by atoms with Crippen molar-refractivity contribution in [1.29, 1.82) is 0 Å². The Bertz CT molecular complexity index is 1460. The normalized spacial score (nSPS) is 19.4. The molecule has 0 spiro atoms. The minimum atomic E-state index is -6.34. The molecule has 0 saturated carbocycles. The molecule has 14 heteroatoms. The Morgan fingerprint density at radius 3 is 1.16 bits per heavy atom. The maximum absolute atomic E-state index is 15.3. The second-order valence-corrected chi connectivity index (χ2v) is 10.2. The lowest BCUT2D eigenvalue weighted by molar-refractivity contribution is -0.254. The highest BCUT2D eigenvalue weighted by Gasteiger charge is 2.81. The van der Waals surface area contributed by atoms with Crippen LogP contribution in [0.1, 0.15) is 20.9 Å². The molecule has 0 saturated heterocycles. The van der Waals surface area contributed by atoms with Crippen molar-refractivity contribution in [3.05, 3.63) is 69.4 Å². The monoisotopic (exact) mass is 576 g/mol. The Balaban J connectivity index is 2.07. The third kappa shape index (κ3) is 3.44. The molecule has 2 heterocycles. The molecule has 0 bridgehead atoms. The van der Waals surface area contributed by atoms with Crippen LogP contribution in [0.5, 0.6) is 0 Å². The lowest BCUT2D eigenvalue weighted by atomic mass is 9.91. The first-order valence-electron chi connectivity index (χ1n) is 9.99. The Morgan fingerprint density at radius 2 is 0.838 bits per heavy atom. The van der Waals surface area contributed by atoms with Crippen LogP contribution < -0.4 is 0 Å². The van der Waals surface area contributed by atoms with Crippen molar-refractivity contribution in [2.24, 2.45) is 0 Å². The fourth-order valence-corrected chi connectivity index (χ4v) is 6.53. The number of allylic oxidation sites excluding steroid dienone is 2. The zero-order valence-electron chi connectivity index (χ0n) is 17.5. The molecule has 2 aromatic heterocycles. The summed E-state index contributed by atoms with van der Waals surface area (Å²) in [6, 6.07) is 8.19. The molecule has 0 radical (unpaired) electrons. The van der Waals surface area contributed by atoms with Gasteiger partial charge in [-0.05, 0) is 12.1 Å². The van der Waals surface area contributed by atoms with Crippen LogP contribution in [0.15, 0.2) is 48.5 Å². The topological polar surface area (TPSA) is 0 Å². The molecule has 0 amide bonds. The Morgan fingerprint density at radius 1 is 0.514 bits per heavy atom. The molecule has 0 nitrogen and oxygen atoms in total. The number of fused-ring (bicyclic) bond motifs is 2. The van der Waals surface area contributed by atoms with Gasteiger partial charge in [-0.3, -0.25) is 0 Å². The molecule has 0 atom stereocenters. The summed E-state index contributed by atoms with van der Waals surface area (Å²) in [5, 5.41) is -1.46. The molecule has 196 valence electrons. The fourth-order valence-electron chi connectivity index (χ4n) is 4.38. The van der Waals surface area contributed by atoms with Crippen LogP contribution in [0, 0.1) is 0 Å². The van der Waals surface area contributed by atoms with Gasteiger partial charge >= 0.3 is 30.1 Å². The number of halogens is 12. The van der Waals surface area contributed by atoms with E-state index in [1.54, 1.807) is 0 Å². The predicted molar refractivity (Wildman–Crippen MR) is 115 cm³/mol. The van der Waals surface area contributed by atoms with Gasteiger partial charge in [0.2, 0.25) is 0 Å². The molecule has 0 fully saturated rings. The quantitative estimate of drug-likeness (QED) is 0.208. The highest BCUT2D eigenvalue weighted by Crippen LogP contribution is 2.68. The second kappa shape index (κ2) is 7.65. The molecule has 0 unspecified atom stereocenters. The number of alkyl halides is 12. The molecule has 37 heavy (non-hydrogen) atoms. The summed E-state index contributed by atoms with van der Waals surface area (Å²) in [6.07, 6.45) is -11.0. The lowest BCUT2D eigenvalue weighted by Crippen LogP contribution is -2.49. The van der Waals surface area contributed by atoms with Gasteiger partial charge in [-0.1, -0.05) is 36.4 Å². The molecule has 1 aliphatic carbocycles. The fraction of sp³-hybridized carbons (Fsp3) is 0.217. The second-order valence-electron chi connectivity index (χ2n) is 8.07. The third-order valence-electron chi connectivity index (χ3n) is 5.87. The van der Waals surface area contributed by atoms with Crippen molar-refractivity contribution in [1.82, 2.24) is 0 Å². The summed E-state index contributed by atoms with van der Waals surface area (Å²) in [5.41, 5.74) is -8.37. The van der Waals surface area contributed by atoms with E-state index in [2.05, 4.69) is 0 Å². The van der Waals surface area contributed by atoms with Crippen LogP contribution in [0.2, 0.25) is 0 Å². The minimum absolute atomic E-state index is 0.171. The average molecular weight is 576 g/mol. The van der Waals surface area contributed by atoms with Crippen molar-refractivity contribution in [3.8, 4) is 0 Å². The highest BCUT2D eigenvalue weighted by molar-refractivity contribution is 7.20. The van der Waals surface area contributed by atoms with E-state index in [-0.39, 0.29) is 32.1 Å². The van der Waals surface area contributed by atoms with E-state index >= 15 is 17.6 Å². The van der Waals surface area contributed by atoms with Crippen molar-refractivity contribution >= 4 is 54.0 Å². The zero-order chi connectivity index (χ0) is 27.3. The maximum atomic E-state index is 15.3. The van der Waals surface area contributed by atoms with Crippen LogP contribution in [0.4, 0.5) is 52.7 Å². The number of benzene rings is 2. The molecule has 1 aliphatic rings. The Labute approximate surface area is 206 Å². The van der Waals surface area contributed by atoms with E-state index in [1.165, 1.54) is 12.1 Å². The maximum Gasteiger partial charge on any atom is 0.426 e. The molecular weight excluding hydrogens is 568 g/mol. The standard InChI is InChI=1S/C23H8F12S2/c24-19(25)15(13-9-5-1-3-7-11(9)36-17(13)21(28,29)30)16(20(26,27)23(19,34)35)14-10-6-2-4-8-12(10)37-18(14)22(31,32)33/h1-8H. The number of rotatable bonds is 2. The summed E-state index contributed by atoms with van der Waals surface area (Å²) >= 11 is -0.341. The van der Waals surface area contributed by atoms with Gasteiger partial charge in [-0.2, -0.15) is 52.7 Å². The van der Waals surface area contributed by atoms with Gasteiger partial charge in [0.25, 0.3) is 0 Å². The van der Waals surface area contributed by atoms with Crippen LogP contribution in [0.3, 0.4) is 0 Å². The van der Waals surface area contributed by atoms with Crippen molar-refractivity contribution in [2.75, 3.05) is 0 Å². The lowest BCUT2D eigenvalue weighted by Gasteiger charge is -2.26. The minimum Gasteiger partial charge on any atom is -0.194 e. The Kier molecular flexibility index (Phi) is 5.35. The van der Waals surface area contributed by atoms with Crippen molar-refractivity contribution in [3.63, 3.8) is 0 Å². The van der Waals surface area contributed by atoms with E-state index in [1.807, 2.05) is 0 Å².